The molecule has 0 aromatic heterocycles. The summed E-state index contributed by atoms with van der Waals surface area (Å²) in [6, 6.07) is 1.36. The summed E-state index contributed by atoms with van der Waals surface area (Å²) in [5, 5.41) is 18.0. The van der Waals surface area contributed by atoms with Crippen molar-refractivity contribution in [2.24, 2.45) is 5.73 Å². The maximum absolute atomic E-state index is 13.2. The molecular weight excluding hydrogens is 189 g/mol. The van der Waals surface area contributed by atoms with Crippen molar-refractivity contribution in [1.82, 2.24) is 0 Å². The van der Waals surface area contributed by atoms with Crippen LogP contribution in [0.15, 0.2) is 12.1 Å². The van der Waals surface area contributed by atoms with Gasteiger partial charge in [0.15, 0.2) is 11.5 Å². The molecule has 78 valence electrons. The fourth-order valence-corrected chi connectivity index (χ4v) is 1.10. The Labute approximate surface area is 80.7 Å². The average Bonchev–Trinajstić information content (AvgIpc) is 2.17. The molecule has 0 aliphatic carbocycles. The fraction of sp³-hybridized carbons (Fsp3) is 0.333. The molecule has 5 heteroatoms. The summed E-state index contributed by atoms with van der Waals surface area (Å²) < 4.78 is 18.0. The van der Waals surface area contributed by atoms with Crippen LogP contribution in [0.4, 0.5) is 4.39 Å². The Hall–Kier alpha value is -1.33. The summed E-state index contributed by atoms with van der Waals surface area (Å²) in [6.07, 6.45) is 0. The standard InChI is InChI=1S/C9H12FNO3/c1-14-9-2-5(7(11)4-12)6(10)3-8(9)13/h2-3,7,12-13H,4,11H2,1H3/t7-/m0/s1. The van der Waals surface area contributed by atoms with Gasteiger partial charge in [0.25, 0.3) is 0 Å². The van der Waals surface area contributed by atoms with Gasteiger partial charge in [0.2, 0.25) is 0 Å². The lowest BCUT2D eigenvalue weighted by molar-refractivity contribution is 0.264. The number of ether oxygens (including phenoxy) is 1. The van der Waals surface area contributed by atoms with E-state index in [1.54, 1.807) is 0 Å². The Morgan fingerprint density at radius 2 is 2.21 bits per heavy atom. The SMILES string of the molecule is COc1cc([C@@H](N)CO)c(F)cc1O. The van der Waals surface area contributed by atoms with Gasteiger partial charge in [-0.15, -0.1) is 0 Å². The van der Waals surface area contributed by atoms with Gasteiger partial charge in [0.1, 0.15) is 5.82 Å². The smallest absolute Gasteiger partial charge is 0.161 e. The molecule has 0 aliphatic rings. The maximum atomic E-state index is 13.2. The van der Waals surface area contributed by atoms with Crippen molar-refractivity contribution in [3.8, 4) is 11.5 Å². The number of aliphatic hydroxyl groups is 1. The molecule has 0 bridgehead atoms. The average molecular weight is 201 g/mol. The summed E-state index contributed by atoms with van der Waals surface area (Å²) in [4.78, 5) is 0. The largest absolute Gasteiger partial charge is 0.504 e. The number of methoxy groups -OCH3 is 1. The second kappa shape index (κ2) is 4.26. The molecule has 0 heterocycles. The molecule has 0 unspecified atom stereocenters. The van der Waals surface area contributed by atoms with E-state index in [2.05, 4.69) is 0 Å². The quantitative estimate of drug-likeness (QED) is 0.666. The molecule has 0 fully saturated rings. The van der Waals surface area contributed by atoms with Crippen molar-refractivity contribution in [2.45, 2.75) is 6.04 Å². The number of benzene rings is 1. The highest BCUT2D eigenvalue weighted by Gasteiger charge is 2.14. The van der Waals surface area contributed by atoms with Crippen LogP contribution < -0.4 is 10.5 Å². The highest BCUT2D eigenvalue weighted by atomic mass is 19.1. The number of phenols is 1. The van der Waals surface area contributed by atoms with Gasteiger partial charge in [-0.2, -0.15) is 0 Å². The number of hydrogen-bond acceptors (Lipinski definition) is 4. The number of aliphatic hydroxyl groups excluding tert-OH is 1. The molecule has 4 nitrogen and oxygen atoms in total. The summed E-state index contributed by atoms with van der Waals surface area (Å²) in [5.41, 5.74) is 5.55. The summed E-state index contributed by atoms with van der Waals surface area (Å²) >= 11 is 0. The second-order valence-corrected chi connectivity index (χ2v) is 2.83. The van der Waals surface area contributed by atoms with Gasteiger partial charge in [0.05, 0.1) is 19.8 Å². The molecule has 0 amide bonds. The Balaban J connectivity index is 3.17. The molecule has 1 aromatic carbocycles. The van der Waals surface area contributed by atoms with Gasteiger partial charge in [-0.05, 0) is 6.07 Å². The van der Waals surface area contributed by atoms with Crippen molar-refractivity contribution < 1.29 is 19.3 Å². The monoisotopic (exact) mass is 201 g/mol. The lowest BCUT2D eigenvalue weighted by Crippen LogP contribution is -2.16. The van der Waals surface area contributed by atoms with E-state index < -0.39 is 11.9 Å². The Kier molecular flexibility index (Phi) is 3.27. The van der Waals surface area contributed by atoms with E-state index in [0.717, 1.165) is 6.07 Å². The van der Waals surface area contributed by atoms with Crippen LogP contribution in [0, 0.1) is 5.82 Å². The highest BCUT2D eigenvalue weighted by molar-refractivity contribution is 5.43. The highest BCUT2D eigenvalue weighted by Crippen LogP contribution is 2.30. The van der Waals surface area contributed by atoms with Crippen LogP contribution in [0.2, 0.25) is 0 Å². The van der Waals surface area contributed by atoms with Gasteiger partial charge in [-0.1, -0.05) is 0 Å². The molecule has 1 rings (SSSR count). The van der Waals surface area contributed by atoms with E-state index in [1.807, 2.05) is 0 Å². The van der Waals surface area contributed by atoms with Crippen LogP contribution in [0.1, 0.15) is 11.6 Å². The van der Waals surface area contributed by atoms with Gasteiger partial charge in [-0.25, -0.2) is 4.39 Å². The van der Waals surface area contributed by atoms with E-state index in [9.17, 15) is 9.50 Å². The topological polar surface area (TPSA) is 75.7 Å². The fourth-order valence-electron chi connectivity index (χ4n) is 1.10. The molecule has 0 aliphatic heterocycles. The number of nitrogens with two attached hydrogens (primary N) is 1. The van der Waals surface area contributed by atoms with Crippen LogP contribution in [0.3, 0.4) is 0 Å². The predicted molar refractivity (Wildman–Crippen MR) is 48.6 cm³/mol. The molecule has 0 saturated carbocycles. The minimum atomic E-state index is -0.815. The molecule has 4 N–H and O–H groups in total. The van der Waals surface area contributed by atoms with Gasteiger partial charge < -0.3 is 20.7 Å². The van der Waals surface area contributed by atoms with E-state index in [1.165, 1.54) is 13.2 Å². The zero-order valence-electron chi connectivity index (χ0n) is 7.70. The lowest BCUT2D eigenvalue weighted by Gasteiger charge is -2.12. The predicted octanol–water partition coefficient (Wildman–Crippen LogP) is 0.532. The van der Waals surface area contributed by atoms with Gasteiger partial charge in [-0.3, -0.25) is 0 Å². The molecule has 14 heavy (non-hydrogen) atoms. The number of aromatic hydroxyl groups is 1. The van der Waals surface area contributed by atoms with Gasteiger partial charge >= 0.3 is 0 Å². The molecule has 0 radical (unpaired) electrons. The zero-order chi connectivity index (χ0) is 10.7. The third-order valence-corrected chi connectivity index (χ3v) is 1.89. The van der Waals surface area contributed by atoms with Crippen LogP contribution in [-0.4, -0.2) is 23.9 Å². The van der Waals surface area contributed by atoms with Crippen molar-refractivity contribution in [3.05, 3.63) is 23.5 Å². The number of halogens is 1. The first-order chi connectivity index (χ1) is 6.60. The van der Waals surface area contributed by atoms with Crippen molar-refractivity contribution in [3.63, 3.8) is 0 Å². The first-order valence-corrected chi connectivity index (χ1v) is 4.03. The van der Waals surface area contributed by atoms with Gasteiger partial charge in [0, 0.05) is 11.6 Å². The summed E-state index contributed by atoms with van der Waals surface area (Å²) in [7, 11) is 1.35. The van der Waals surface area contributed by atoms with Crippen molar-refractivity contribution in [2.75, 3.05) is 13.7 Å². The Morgan fingerprint density at radius 3 is 2.71 bits per heavy atom. The normalized spacial score (nSPS) is 12.6. The second-order valence-electron chi connectivity index (χ2n) is 2.83. The minimum Gasteiger partial charge on any atom is -0.504 e. The number of phenolic OH excluding ortho intramolecular Hbond substituents is 1. The minimum absolute atomic E-state index is 0.113. The first-order valence-electron chi connectivity index (χ1n) is 4.03. The molecule has 1 atom stereocenters. The molecular formula is C9H12FNO3. The number of hydrogen-bond donors (Lipinski definition) is 3. The number of rotatable bonds is 3. The third kappa shape index (κ3) is 1.94. The Morgan fingerprint density at radius 1 is 1.57 bits per heavy atom. The van der Waals surface area contributed by atoms with Crippen LogP contribution in [0.5, 0.6) is 11.5 Å². The van der Waals surface area contributed by atoms with E-state index >= 15 is 0 Å². The van der Waals surface area contributed by atoms with Crippen molar-refractivity contribution >= 4 is 0 Å². The van der Waals surface area contributed by atoms with E-state index in [-0.39, 0.29) is 23.7 Å². The lowest BCUT2D eigenvalue weighted by atomic mass is 10.1. The zero-order valence-corrected chi connectivity index (χ0v) is 7.70. The molecule has 1 aromatic rings. The first kappa shape index (κ1) is 10.7. The van der Waals surface area contributed by atoms with Crippen LogP contribution in [0.25, 0.3) is 0 Å². The summed E-state index contributed by atoms with van der Waals surface area (Å²) in [6.45, 7) is -0.370. The maximum Gasteiger partial charge on any atom is 0.161 e. The Bertz CT molecular complexity index is 330. The van der Waals surface area contributed by atoms with Crippen LogP contribution >= 0.6 is 0 Å². The van der Waals surface area contributed by atoms with E-state index in [4.69, 9.17) is 15.6 Å². The van der Waals surface area contributed by atoms with Crippen LogP contribution in [-0.2, 0) is 0 Å². The third-order valence-electron chi connectivity index (χ3n) is 1.89. The molecule has 0 saturated heterocycles. The van der Waals surface area contributed by atoms with E-state index in [0.29, 0.717) is 0 Å². The summed E-state index contributed by atoms with van der Waals surface area (Å²) in [5.74, 6) is -0.825. The molecule has 0 spiro atoms. The van der Waals surface area contributed by atoms with Crippen molar-refractivity contribution in [1.29, 1.82) is 0 Å².